The van der Waals surface area contributed by atoms with Crippen molar-refractivity contribution in [2.75, 3.05) is 0 Å². The van der Waals surface area contributed by atoms with Crippen LogP contribution < -0.4 is 4.52 Å². The third-order valence-corrected chi connectivity index (χ3v) is 4.29. The largest absolute Gasteiger partial charge is 0.421 e. The van der Waals surface area contributed by atoms with E-state index >= 15 is 0 Å². The summed E-state index contributed by atoms with van der Waals surface area (Å²) in [4.78, 5) is 0. The third-order valence-electron chi connectivity index (χ3n) is 3.10. The number of benzene rings is 2. The van der Waals surface area contributed by atoms with Gasteiger partial charge in [0, 0.05) is 6.42 Å². The summed E-state index contributed by atoms with van der Waals surface area (Å²) in [5, 5.41) is 0. The molecule has 0 spiro atoms. The number of para-hydroxylation sites is 1. The highest BCUT2D eigenvalue weighted by molar-refractivity contribution is 7.53. The summed E-state index contributed by atoms with van der Waals surface area (Å²) in [6, 6.07) is 14.0. The van der Waals surface area contributed by atoms with Gasteiger partial charge in [-0.3, -0.25) is 0 Å². The van der Waals surface area contributed by atoms with Gasteiger partial charge in [-0.1, -0.05) is 42.5 Å². The summed E-state index contributed by atoms with van der Waals surface area (Å²) in [5.74, 6) is 2.82. The molecule has 0 aliphatic rings. The monoisotopic (exact) mass is 302 g/mol. The van der Waals surface area contributed by atoms with Crippen LogP contribution in [0.2, 0.25) is 0 Å². The van der Waals surface area contributed by atoms with E-state index in [1.807, 2.05) is 18.2 Å². The molecule has 0 bridgehead atoms. The van der Waals surface area contributed by atoms with Gasteiger partial charge in [-0.2, -0.15) is 0 Å². The normalized spacial score (nSPS) is 13.2. The molecule has 0 aliphatic carbocycles. The van der Waals surface area contributed by atoms with Gasteiger partial charge >= 0.3 is 7.68 Å². The van der Waals surface area contributed by atoms with Crippen LogP contribution in [0.5, 0.6) is 5.75 Å². The van der Waals surface area contributed by atoms with Gasteiger partial charge in [0.15, 0.2) is 0 Å². The van der Waals surface area contributed by atoms with Crippen molar-refractivity contribution in [1.29, 1.82) is 0 Å². The Morgan fingerprint density at radius 3 is 2.43 bits per heavy atom. The molecular weight excluding hydrogens is 286 g/mol. The molecule has 0 saturated heterocycles. The zero-order chi connectivity index (χ0) is 15.3. The highest BCUT2D eigenvalue weighted by atomic mass is 31.2. The molecule has 0 saturated carbocycles. The average molecular weight is 302 g/mol. The average Bonchev–Trinajstić information content (AvgIpc) is 2.43. The van der Waals surface area contributed by atoms with Crippen LogP contribution in [-0.4, -0.2) is 0 Å². The fourth-order valence-electron chi connectivity index (χ4n) is 2.04. The van der Waals surface area contributed by atoms with Crippen molar-refractivity contribution in [3.63, 3.8) is 0 Å². The van der Waals surface area contributed by atoms with E-state index in [2.05, 4.69) is 5.92 Å². The van der Waals surface area contributed by atoms with Crippen LogP contribution in [0.1, 0.15) is 16.7 Å². The van der Waals surface area contributed by atoms with Crippen molar-refractivity contribution in [1.82, 2.24) is 0 Å². The molecule has 21 heavy (non-hydrogen) atoms. The molecule has 4 heteroatoms. The Labute approximate surface area is 124 Å². The highest BCUT2D eigenvalue weighted by Crippen LogP contribution is 2.52. The van der Waals surface area contributed by atoms with E-state index in [9.17, 15) is 8.76 Å². The van der Waals surface area contributed by atoms with Crippen molar-refractivity contribution >= 4 is 7.68 Å². The first-order valence-electron chi connectivity index (χ1n) is 6.56. The van der Waals surface area contributed by atoms with E-state index in [-0.39, 0.29) is 6.16 Å². The van der Waals surface area contributed by atoms with Gasteiger partial charge in [-0.15, -0.1) is 16.5 Å². The second-order valence-corrected chi connectivity index (χ2v) is 6.43. The van der Waals surface area contributed by atoms with Gasteiger partial charge in [0.05, 0.1) is 6.16 Å². The second-order valence-electron chi connectivity index (χ2n) is 4.75. The molecule has 2 rings (SSSR count). The summed E-state index contributed by atoms with van der Waals surface area (Å²) in [7, 11) is -4.28. The molecule has 0 fully saturated rings. The Kier molecular flexibility index (Phi) is 4.83. The van der Waals surface area contributed by atoms with Crippen LogP contribution in [0, 0.1) is 19.3 Å². The third kappa shape index (κ3) is 4.21. The summed E-state index contributed by atoms with van der Waals surface area (Å²) in [5.41, 5.74) is 2.16. The molecule has 1 unspecified atom stereocenters. The van der Waals surface area contributed by atoms with E-state index in [0.717, 1.165) is 11.1 Å². The Morgan fingerprint density at radius 2 is 1.76 bits per heavy atom. The van der Waals surface area contributed by atoms with Crippen LogP contribution in [0.15, 0.2) is 48.5 Å². The minimum atomic E-state index is -4.28. The lowest BCUT2D eigenvalue weighted by Gasteiger charge is -2.14. The van der Waals surface area contributed by atoms with Crippen LogP contribution in [0.4, 0.5) is 4.20 Å². The Bertz CT molecular complexity index is 719. The second kappa shape index (κ2) is 6.61. The van der Waals surface area contributed by atoms with Crippen LogP contribution in [0.3, 0.4) is 0 Å². The molecule has 0 aromatic heterocycles. The van der Waals surface area contributed by atoms with E-state index < -0.39 is 7.68 Å². The minimum Gasteiger partial charge on any atom is -0.421 e. The molecular formula is C17H16FO2P. The van der Waals surface area contributed by atoms with E-state index in [1.165, 1.54) is 0 Å². The number of hydrogen-bond donors (Lipinski definition) is 0. The lowest BCUT2D eigenvalue weighted by Crippen LogP contribution is -1.97. The Balaban J connectivity index is 2.20. The quantitative estimate of drug-likeness (QED) is 0.579. The molecule has 0 radical (unpaired) electrons. The molecule has 0 aliphatic heterocycles. The molecule has 0 N–H and O–H groups in total. The minimum absolute atomic E-state index is 0.279. The molecule has 0 amide bonds. The highest BCUT2D eigenvalue weighted by Gasteiger charge is 2.26. The first-order valence-corrected chi connectivity index (χ1v) is 8.26. The van der Waals surface area contributed by atoms with Crippen molar-refractivity contribution in [3.05, 3.63) is 65.2 Å². The van der Waals surface area contributed by atoms with E-state index in [0.29, 0.717) is 17.7 Å². The van der Waals surface area contributed by atoms with Gasteiger partial charge < -0.3 is 4.52 Å². The zero-order valence-electron chi connectivity index (χ0n) is 11.8. The number of hydrogen-bond acceptors (Lipinski definition) is 2. The molecule has 2 aromatic carbocycles. The Morgan fingerprint density at radius 1 is 1.14 bits per heavy atom. The van der Waals surface area contributed by atoms with Crippen LogP contribution in [0.25, 0.3) is 0 Å². The summed E-state index contributed by atoms with van der Waals surface area (Å²) < 4.78 is 31.6. The number of terminal acetylenes is 1. The fraction of sp³-hybridized carbons (Fsp3) is 0.176. The van der Waals surface area contributed by atoms with Crippen molar-refractivity contribution in [2.45, 2.75) is 19.5 Å². The number of rotatable bonds is 5. The first kappa shape index (κ1) is 15.4. The van der Waals surface area contributed by atoms with Crippen LogP contribution >= 0.6 is 7.68 Å². The maximum atomic E-state index is 14.3. The lowest BCUT2D eigenvalue weighted by molar-refractivity contribution is 0.432. The molecule has 0 heterocycles. The topological polar surface area (TPSA) is 26.3 Å². The summed E-state index contributed by atoms with van der Waals surface area (Å²) in [6.45, 7) is 1.78. The SMILES string of the molecule is C#CCc1ccccc1CP(=O)(F)Oc1ccccc1C. The number of aryl methyl sites for hydroxylation is 1. The summed E-state index contributed by atoms with van der Waals surface area (Å²) in [6.07, 6.45) is 5.39. The van der Waals surface area contributed by atoms with Crippen molar-refractivity contribution < 1.29 is 13.3 Å². The van der Waals surface area contributed by atoms with Gasteiger partial charge in [0.25, 0.3) is 0 Å². The van der Waals surface area contributed by atoms with E-state index in [1.54, 1.807) is 37.3 Å². The predicted octanol–water partition coefficient (Wildman–Crippen LogP) is 4.91. The van der Waals surface area contributed by atoms with Gasteiger partial charge in [0.1, 0.15) is 5.75 Å². The van der Waals surface area contributed by atoms with Gasteiger partial charge in [-0.05, 0) is 29.7 Å². The maximum Gasteiger partial charge on any atom is 0.420 e. The zero-order valence-corrected chi connectivity index (χ0v) is 12.6. The van der Waals surface area contributed by atoms with Crippen LogP contribution in [-0.2, 0) is 17.1 Å². The fourth-order valence-corrected chi connectivity index (χ4v) is 3.31. The summed E-state index contributed by atoms with van der Waals surface area (Å²) >= 11 is 0. The molecule has 2 nitrogen and oxygen atoms in total. The van der Waals surface area contributed by atoms with Gasteiger partial charge in [0.2, 0.25) is 0 Å². The van der Waals surface area contributed by atoms with Gasteiger partial charge in [-0.25, -0.2) is 4.57 Å². The van der Waals surface area contributed by atoms with Crippen molar-refractivity contribution in [2.24, 2.45) is 0 Å². The molecule has 1 atom stereocenters. The Hall–Kier alpha value is -2.04. The number of halogens is 1. The first-order chi connectivity index (χ1) is 10.0. The lowest BCUT2D eigenvalue weighted by atomic mass is 10.1. The molecule has 2 aromatic rings. The maximum absolute atomic E-state index is 14.3. The molecule has 108 valence electrons. The standard InChI is InChI=1S/C17H16FO2P/c1-3-8-15-10-5-6-11-16(15)13-21(18,19)20-17-12-7-4-9-14(17)2/h1,4-7,9-12H,8,13H2,2H3. The van der Waals surface area contributed by atoms with Crippen molar-refractivity contribution in [3.8, 4) is 18.1 Å². The van der Waals surface area contributed by atoms with E-state index in [4.69, 9.17) is 10.9 Å². The predicted molar refractivity (Wildman–Crippen MR) is 83.2 cm³/mol. The smallest absolute Gasteiger partial charge is 0.420 e.